The van der Waals surface area contributed by atoms with Gasteiger partial charge in [-0.3, -0.25) is 14.5 Å². The Bertz CT molecular complexity index is 1090. The highest BCUT2D eigenvalue weighted by atomic mass is 16.5. The number of nitrogens with zero attached hydrogens (tertiary/aromatic N) is 3. The first-order chi connectivity index (χ1) is 15.0. The standard InChI is InChI=1S/C23H27N5O3/c1-16-5-4-10-28-13-18(25-22(16)28)15-31-20-7-3-2-6-19(20)23(30)26-17-8-11-27(12-9-17)14-21(24)29/h2-7,10,13,17H,8-9,11-12,14-15H2,1H3,(H2,24,29)(H,26,30). The minimum atomic E-state index is -0.325. The number of carbonyl (C=O) groups excluding carboxylic acids is 2. The average Bonchev–Trinajstić information content (AvgIpc) is 3.18. The molecule has 1 fully saturated rings. The molecule has 3 N–H and O–H groups in total. The van der Waals surface area contributed by atoms with E-state index in [4.69, 9.17) is 10.5 Å². The van der Waals surface area contributed by atoms with E-state index in [9.17, 15) is 9.59 Å². The predicted octanol–water partition coefficient (Wildman–Crippen LogP) is 1.90. The summed E-state index contributed by atoms with van der Waals surface area (Å²) in [5.74, 6) is 0.0454. The third-order valence-electron chi connectivity index (χ3n) is 5.54. The summed E-state index contributed by atoms with van der Waals surface area (Å²) in [5.41, 5.74) is 8.55. The lowest BCUT2D eigenvalue weighted by Gasteiger charge is -2.31. The highest BCUT2D eigenvalue weighted by Crippen LogP contribution is 2.21. The van der Waals surface area contributed by atoms with Crippen LogP contribution in [0.15, 0.2) is 48.8 Å². The number of aryl methyl sites for hydroxylation is 1. The first-order valence-corrected chi connectivity index (χ1v) is 10.5. The number of likely N-dealkylation sites (tertiary alicyclic amines) is 1. The topological polar surface area (TPSA) is 102 Å². The van der Waals surface area contributed by atoms with Crippen LogP contribution in [-0.2, 0) is 11.4 Å². The number of carbonyl (C=O) groups is 2. The molecule has 0 unspecified atom stereocenters. The van der Waals surface area contributed by atoms with E-state index in [1.54, 1.807) is 12.1 Å². The maximum Gasteiger partial charge on any atom is 0.255 e. The second-order valence-corrected chi connectivity index (χ2v) is 7.93. The third kappa shape index (κ3) is 5.03. The number of aromatic nitrogens is 2. The van der Waals surface area contributed by atoms with Crippen molar-refractivity contribution in [1.29, 1.82) is 0 Å². The smallest absolute Gasteiger partial charge is 0.255 e. The Morgan fingerprint density at radius 2 is 1.97 bits per heavy atom. The van der Waals surface area contributed by atoms with E-state index in [-0.39, 0.29) is 31.0 Å². The third-order valence-corrected chi connectivity index (χ3v) is 5.54. The molecule has 3 heterocycles. The van der Waals surface area contributed by atoms with Crippen LogP contribution in [0, 0.1) is 6.92 Å². The van der Waals surface area contributed by atoms with Crippen LogP contribution in [0.3, 0.4) is 0 Å². The lowest BCUT2D eigenvalue weighted by Crippen LogP contribution is -2.46. The Labute approximate surface area is 181 Å². The molecule has 0 aliphatic carbocycles. The number of rotatable bonds is 7. The molecule has 8 heteroatoms. The van der Waals surface area contributed by atoms with Crippen molar-refractivity contribution in [3.8, 4) is 5.75 Å². The van der Waals surface area contributed by atoms with Gasteiger partial charge in [0, 0.05) is 31.5 Å². The van der Waals surface area contributed by atoms with E-state index in [2.05, 4.69) is 10.3 Å². The van der Waals surface area contributed by atoms with Gasteiger partial charge in [0.2, 0.25) is 5.91 Å². The predicted molar refractivity (Wildman–Crippen MR) is 117 cm³/mol. The number of primary amides is 1. The van der Waals surface area contributed by atoms with Crippen LogP contribution < -0.4 is 15.8 Å². The molecule has 0 spiro atoms. The second-order valence-electron chi connectivity index (χ2n) is 7.93. The number of hydrogen-bond donors (Lipinski definition) is 2. The summed E-state index contributed by atoms with van der Waals surface area (Å²) in [7, 11) is 0. The van der Waals surface area contributed by atoms with E-state index in [0.29, 0.717) is 11.3 Å². The molecule has 162 valence electrons. The number of nitrogens with one attached hydrogen (secondary N) is 1. The van der Waals surface area contributed by atoms with E-state index in [1.807, 2.05) is 52.9 Å². The zero-order valence-corrected chi connectivity index (χ0v) is 17.6. The summed E-state index contributed by atoms with van der Waals surface area (Å²) < 4.78 is 7.94. The molecule has 4 rings (SSSR count). The maximum atomic E-state index is 12.9. The number of amides is 2. The van der Waals surface area contributed by atoms with Gasteiger partial charge in [-0.25, -0.2) is 4.98 Å². The van der Waals surface area contributed by atoms with Crippen molar-refractivity contribution in [2.45, 2.75) is 32.4 Å². The molecule has 1 saturated heterocycles. The summed E-state index contributed by atoms with van der Waals surface area (Å²) in [5, 5.41) is 3.10. The quantitative estimate of drug-likeness (QED) is 0.607. The summed E-state index contributed by atoms with van der Waals surface area (Å²) in [6, 6.07) is 11.3. The van der Waals surface area contributed by atoms with Crippen molar-refractivity contribution in [1.82, 2.24) is 19.6 Å². The Morgan fingerprint density at radius 1 is 1.19 bits per heavy atom. The number of hydrogen-bond acceptors (Lipinski definition) is 5. The minimum Gasteiger partial charge on any atom is -0.486 e. The summed E-state index contributed by atoms with van der Waals surface area (Å²) in [6.07, 6.45) is 5.45. The molecular formula is C23H27N5O3. The van der Waals surface area contributed by atoms with E-state index in [0.717, 1.165) is 42.8 Å². The Hall–Kier alpha value is -3.39. The molecule has 2 amide bonds. The van der Waals surface area contributed by atoms with E-state index >= 15 is 0 Å². The van der Waals surface area contributed by atoms with Crippen molar-refractivity contribution in [3.63, 3.8) is 0 Å². The van der Waals surface area contributed by atoms with Crippen LogP contribution in [0.5, 0.6) is 5.75 Å². The number of fused-ring (bicyclic) bond motifs is 1. The summed E-state index contributed by atoms with van der Waals surface area (Å²) in [4.78, 5) is 30.6. The van der Waals surface area contributed by atoms with Gasteiger partial charge in [-0.2, -0.15) is 0 Å². The van der Waals surface area contributed by atoms with Crippen molar-refractivity contribution in [2.75, 3.05) is 19.6 Å². The molecule has 1 aromatic carbocycles. The van der Waals surface area contributed by atoms with Gasteiger partial charge in [-0.1, -0.05) is 18.2 Å². The molecule has 0 bridgehead atoms. The van der Waals surface area contributed by atoms with Crippen LogP contribution in [-0.4, -0.2) is 51.8 Å². The fourth-order valence-corrected chi connectivity index (χ4v) is 3.92. The number of nitrogens with two attached hydrogens (primary N) is 1. The number of para-hydroxylation sites is 1. The molecule has 8 nitrogen and oxygen atoms in total. The number of piperidine rings is 1. The summed E-state index contributed by atoms with van der Waals surface area (Å²) in [6.45, 7) is 4.03. The van der Waals surface area contributed by atoms with E-state index < -0.39 is 0 Å². The first-order valence-electron chi connectivity index (χ1n) is 10.5. The molecule has 0 atom stereocenters. The van der Waals surface area contributed by atoms with Gasteiger partial charge in [-0.15, -0.1) is 0 Å². The Kier molecular flexibility index (Phi) is 6.18. The van der Waals surface area contributed by atoms with Gasteiger partial charge in [0.05, 0.1) is 17.8 Å². The van der Waals surface area contributed by atoms with Crippen LogP contribution in [0.2, 0.25) is 0 Å². The van der Waals surface area contributed by atoms with Gasteiger partial charge in [0.1, 0.15) is 18.0 Å². The normalized spacial score (nSPS) is 15.1. The molecule has 3 aromatic rings. The van der Waals surface area contributed by atoms with Crippen LogP contribution in [0.25, 0.3) is 5.65 Å². The Balaban J connectivity index is 1.38. The highest BCUT2D eigenvalue weighted by Gasteiger charge is 2.23. The lowest BCUT2D eigenvalue weighted by atomic mass is 10.0. The van der Waals surface area contributed by atoms with Gasteiger partial charge in [0.25, 0.3) is 5.91 Å². The Morgan fingerprint density at radius 3 is 2.71 bits per heavy atom. The largest absolute Gasteiger partial charge is 0.486 e. The second kappa shape index (κ2) is 9.18. The fourth-order valence-electron chi connectivity index (χ4n) is 3.92. The van der Waals surface area contributed by atoms with Gasteiger partial charge in [-0.05, 0) is 43.5 Å². The fraction of sp³-hybridized carbons (Fsp3) is 0.348. The van der Waals surface area contributed by atoms with Gasteiger partial charge in [0.15, 0.2) is 0 Å². The SMILES string of the molecule is Cc1cccn2cc(COc3ccccc3C(=O)NC3CCN(CC(N)=O)CC3)nc12. The van der Waals surface area contributed by atoms with E-state index in [1.165, 1.54) is 0 Å². The monoisotopic (exact) mass is 421 g/mol. The number of benzene rings is 1. The lowest BCUT2D eigenvalue weighted by molar-refractivity contribution is -0.119. The van der Waals surface area contributed by atoms with Crippen LogP contribution in [0.4, 0.5) is 0 Å². The van der Waals surface area contributed by atoms with Crippen molar-refractivity contribution < 1.29 is 14.3 Å². The maximum absolute atomic E-state index is 12.9. The van der Waals surface area contributed by atoms with Crippen LogP contribution >= 0.6 is 0 Å². The molecule has 2 aromatic heterocycles. The zero-order chi connectivity index (χ0) is 21.8. The van der Waals surface area contributed by atoms with Crippen LogP contribution in [0.1, 0.15) is 34.5 Å². The average molecular weight is 422 g/mol. The number of pyridine rings is 1. The number of imidazole rings is 1. The number of ether oxygens (including phenoxy) is 1. The summed E-state index contributed by atoms with van der Waals surface area (Å²) >= 11 is 0. The van der Waals surface area contributed by atoms with Crippen molar-refractivity contribution in [3.05, 3.63) is 65.6 Å². The molecule has 1 aliphatic rings. The minimum absolute atomic E-state index is 0.0612. The first kappa shape index (κ1) is 20.9. The molecule has 31 heavy (non-hydrogen) atoms. The molecule has 0 saturated carbocycles. The van der Waals surface area contributed by atoms with Gasteiger partial charge >= 0.3 is 0 Å². The molecule has 1 aliphatic heterocycles. The van der Waals surface area contributed by atoms with Gasteiger partial charge < -0.3 is 20.2 Å². The molecular weight excluding hydrogens is 394 g/mol. The highest BCUT2D eigenvalue weighted by molar-refractivity contribution is 5.97. The zero-order valence-electron chi connectivity index (χ0n) is 17.6. The van der Waals surface area contributed by atoms with Crippen molar-refractivity contribution >= 4 is 17.5 Å². The molecule has 0 radical (unpaired) electrons. The van der Waals surface area contributed by atoms with Crippen molar-refractivity contribution in [2.24, 2.45) is 5.73 Å².